The fourth-order valence-corrected chi connectivity index (χ4v) is 2.87. The minimum atomic E-state index is -0.231. The molecule has 2 aromatic carbocycles. The van der Waals surface area contributed by atoms with Crippen molar-refractivity contribution in [3.8, 4) is 0 Å². The number of aromatic nitrogens is 2. The van der Waals surface area contributed by atoms with E-state index < -0.39 is 0 Å². The van der Waals surface area contributed by atoms with Crippen LogP contribution >= 0.6 is 0 Å². The van der Waals surface area contributed by atoms with Crippen LogP contribution in [0.15, 0.2) is 46.9 Å². The molecule has 3 nitrogen and oxygen atoms in total. The molecule has 0 saturated carbocycles. The maximum Gasteiger partial charge on any atom is 0.240 e. The second-order valence-corrected chi connectivity index (χ2v) is 6.61. The first-order valence-corrected chi connectivity index (χ1v) is 8.93. The van der Waals surface area contributed by atoms with E-state index in [1.807, 2.05) is 31.2 Å². The van der Waals surface area contributed by atoms with Crippen molar-refractivity contribution < 1.29 is 8.81 Å². The van der Waals surface area contributed by atoms with Gasteiger partial charge in [0.2, 0.25) is 11.8 Å². The van der Waals surface area contributed by atoms with Gasteiger partial charge in [-0.15, -0.1) is 10.2 Å². The molecule has 0 spiro atoms. The predicted octanol–water partition coefficient (Wildman–Crippen LogP) is 5.66. The van der Waals surface area contributed by atoms with Gasteiger partial charge in [0.05, 0.1) is 6.42 Å². The monoisotopic (exact) mass is 350 g/mol. The van der Waals surface area contributed by atoms with Crippen molar-refractivity contribution in [1.82, 2.24) is 10.2 Å². The highest BCUT2D eigenvalue weighted by atomic mass is 19.1. The van der Waals surface area contributed by atoms with Crippen molar-refractivity contribution in [2.75, 3.05) is 0 Å². The highest BCUT2D eigenvalue weighted by molar-refractivity contribution is 5.68. The molecule has 0 fully saturated rings. The summed E-state index contributed by atoms with van der Waals surface area (Å²) in [5.41, 5.74) is 3.93. The first-order chi connectivity index (χ1) is 12.6. The molecule has 0 radical (unpaired) electrons. The van der Waals surface area contributed by atoms with E-state index in [-0.39, 0.29) is 5.82 Å². The van der Waals surface area contributed by atoms with Crippen LogP contribution in [-0.2, 0) is 12.8 Å². The van der Waals surface area contributed by atoms with Crippen molar-refractivity contribution in [2.24, 2.45) is 0 Å². The Hall–Kier alpha value is -2.75. The van der Waals surface area contributed by atoms with Gasteiger partial charge in [0, 0.05) is 6.08 Å². The zero-order chi connectivity index (χ0) is 18.5. The molecule has 1 heterocycles. The molecule has 0 amide bonds. The smallest absolute Gasteiger partial charge is 0.240 e. The molecule has 0 unspecified atom stereocenters. The summed E-state index contributed by atoms with van der Waals surface area (Å²) in [5.74, 6) is 1.03. The van der Waals surface area contributed by atoms with Crippen molar-refractivity contribution in [1.29, 1.82) is 0 Å². The maximum absolute atomic E-state index is 14.1. The van der Waals surface area contributed by atoms with Gasteiger partial charge in [0.1, 0.15) is 5.82 Å². The molecule has 3 aromatic rings. The lowest BCUT2D eigenvalue weighted by Crippen LogP contribution is -1.94. The van der Waals surface area contributed by atoms with Crippen LogP contribution < -0.4 is 0 Å². The normalized spacial score (nSPS) is 11.6. The van der Waals surface area contributed by atoms with E-state index in [1.54, 1.807) is 18.2 Å². The van der Waals surface area contributed by atoms with E-state index in [2.05, 4.69) is 36.2 Å². The quantitative estimate of drug-likeness (QED) is 0.576. The Morgan fingerprint density at radius 3 is 2.62 bits per heavy atom. The molecular weight excluding hydrogens is 327 g/mol. The topological polar surface area (TPSA) is 38.9 Å². The zero-order valence-corrected chi connectivity index (χ0v) is 15.4. The maximum atomic E-state index is 14.1. The zero-order valence-electron chi connectivity index (χ0n) is 15.4. The molecule has 0 aliphatic heterocycles. The molecular formula is C22H23FN2O. The first-order valence-electron chi connectivity index (χ1n) is 8.93. The van der Waals surface area contributed by atoms with Crippen LogP contribution in [-0.4, -0.2) is 10.2 Å². The van der Waals surface area contributed by atoms with Crippen LogP contribution in [0.2, 0.25) is 0 Å². The van der Waals surface area contributed by atoms with Gasteiger partial charge in [0.25, 0.3) is 0 Å². The van der Waals surface area contributed by atoms with Crippen LogP contribution in [0.5, 0.6) is 0 Å². The van der Waals surface area contributed by atoms with Crippen molar-refractivity contribution in [3.63, 3.8) is 0 Å². The number of hydrogen-bond acceptors (Lipinski definition) is 3. The standard InChI is InChI=1S/C22H23FN2O/c1-4-16-9-10-18(20(23)13-16)14-22-25-24-21(26-22)12-11-17-7-5-6-8-19(17)15(2)3/h5-13,15H,4,14H2,1-3H3/b12-11+. The molecule has 0 atom stereocenters. The molecule has 4 heteroatoms. The number of benzene rings is 2. The fraction of sp³-hybridized carbons (Fsp3) is 0.273. The summed E-state index contributed by atoms with van der Waals surface area (Å²) in [7, 11) is 0. The van der Waals surface area contributed by atoms with Gasteiger partial charge in [-0.3, -0.25) is 0 Å². The van der Waals surface area contributed by atoms with E-state index >= 15 is 0 Å². The second-order valence-electron chi connectivity index (χ2n) is 6.61. The minimum Gasteiger partial charge on any atom is -0.421 e. The molecule has 3 rings (SSSR count). The highest BCUT2D eigenvalue weighted by Gasteiger charge is 2.10. The first kappa shape index (κ1) is 18.1. The highest BCUT2D eigenvalue weighted by Crippen LogP contribution is 2.21. The lowest BCUT2D eigenvalue weighted by atomic mass is 9.97. The third-order valence-electron chi connectivity index (χ3n) is 4.37. The second kappa shape index (κ2) is 8.09. The van der Waals surface area contributed by atoms with Crippen LogP contribution in [0.25, 0.3) is 12.2 Å². The Morgan fingerprint density at radius 1 is 1.08 bits per heavy atom. The molecule has 0 saturated heterocycles. The SMILES string of the molecule is CCc1ccc(Cc2nnc(/C=C/c3ccccc3C(C)C)o2)c(F)c1. The number of rotatable bonds is 6. The van der Waals surface area contributed by atoms with Gasteiger partial charge in [0.15, 0.2) is 0 Å². The van der Waals surface area contributed by atoms with Crippen molar-refractivity contribution in [3.05, 3.63) is 82.3 Å². The summed E-state index contributed by atoms with van der Waals surface area (Å²) in [6, 6.07) is 13.5. The average molecular weight is 350 g/mol. The van der Waals surface area contributed by atoms with Gasteiger partial charge >= 0.3 is 0 Å². The number of halogens is 1. The predicted molar refractivity (Wildman–Crippen MR) is 102 cm³/mol. The van der Waals surface area contributed by atoms with Gasteiger partial charge in [-0.2, -0.15) is 0 Å². The van der Waals surface area contributed by atoms with Gasteiger partial charge in [-0.05, 0) is 46.7 Å². The summed E-state index contributed by atoms with van der Waals surface area (Å²) in [5, 5.41) is 8.07. The Kier molecular flexibility index (Phi) is 5.61. The fourth-order valence-electron chi connectivity index (χ4n) is 2.87. The molecule has 1 aromatic heterocycles. The minimum absolute atomic E-state index is 0.231. The van der Waals surface area contributed by atoms with E-state index in [9.17, 15) is 4.39 Å². The summed E-state index contributed by atoms with van der Waals surface area (Å²) >= 11 is 0. The third kappa shape index (κ3) is 4.26. The Balaban J connectivity index is 1.74. The van der Waals surface area contributed by atoms with Crippen molar-refractivity contribution in [2.45, 2.75) is 39.5 Å². The summed E-state index contributed by atoms with van der Waals surface area (Å²) < 4.78 is 19.8. The number of aryl methyl sites for hydroxylation is 1. The van der Waals surface area contributed by atoms with Crippen molar-refractivity contribution >= 4 is 12.2 Å². The van der Waals surface area contributed by atoms with Gasteiger partial charge in [-0.1, -0.05) is 57.2 Å². The Morgan fingerprint density at radius 2 is 1.88 bits per heavy atom. The van der Waals surface area contributed by atoms with E-state index in [0.29, 0.717) is 29.7 Å². The van der Waals surface area contributed by atoms with Crippen LogP contribution in [0.4, 0.5) is 4.39 Å². The van der Waals surface area contributed by atoms with E-state index in [4.69, 9.17) is 4.42 Å². The lowest BCUT2D eigenvalue weighted by molar-refractivity contribution is 0.491. The Labute approximate surface area is 153 Å². The van der Waals surface area contributed by atoms with Crippen LogP contribution in [0.1, 0.15) is 60.7 Å². The molecule has 0 aliphatic rings. The van der Waals surface area contributed by atoms with E-state index in [1.165, 1.54) is 5.56 Å². The Bertz CT molecular complexity index is 912. The molecule has 26 heavy (non-hydrogen) atoms. The van der Waals surface area contributed by atoms with E-state index in [0.717, 1.165) is 17.5 Å². The number of hydrogen-bond donors (Lipinski definition) is 0. The molecule has 0 aliphatic carbocycles. The van der Waals surface area contributed by atoms with Crippen LogP contribution in [0.3, 0.4) is 0 Å². The largest absolute Gasteiger partial charge is 0.421 e. The lowest BCUT2D eigenvalue weighted by Gasteiger charge is -2.08. The summed E-state index contributed by atoms with van der Waals surface area (Å²) in [4.78, 5) is 0. The van der Waals surface area contributed by atoms with Gasteiger partial charge in [-0.25, -0.2) is 4.39 Å². The summed E-state index contributed by atoms with van der Waals surface area (Å²) in [6.07, 6.45) is 4.88. The molecule has 0 N–H and O–H groups in total. The summed E-state index contributed by atoms with van der Waals surface area (Å²) in [6.45, 7) is 6.33. The molecule has 134 valence electrons. The third-order valence-corrected chi connectivity index (χ3v) is 4.37. The van der Waals surface area contributed by atoms with Crippen LogP contribution in [0, 0.1) is 5.82 Å². The molecule has 0 bridgehead atoms. The number of nitrogens with zero attached hydrogens (tertiary/aromatic N) is 2. The van der Waals surface area contributed by atoms with Gasteiger partial charge < -0.3 is 4.42 Å². The average Bonchev–Trinajstić information content (AvgIpc) is 3.09.